The van der Waals surface area contributed by atoms with Crippen molar-refractivity contribution in [3.63, 3.8) is 0 Å². The lowest BCUT2D eigenvalue weighted by Crippen LogP contribution is -2.47. The smallest absolute Gasteiger partial charge is 0.426 e. The topological polar surface area (TPSA) is 121 Å². The van der Waals surface area contributed by atoms with Crippen molar-refractivity contribution in [1.29, 1.82) is 0 Å². The summed E-state index contributed by atoms with van der Waals surface area (Å²) in [6.45, 7) is 13.1. The third-order valence-electron chi connectivity index (χ3n) is 5.04. The lowest BCUT2D eigenvalue weighted by atomic mass is 10.2. The van der Waals surface area contributed by atoms with E-state index in [9.17, 15) is 19.2 Å². The third kappa shape index (κ3) is 6.97. The minimum absolute atomic E-state index is 0.0562. The van der Waals surface area contributed by atoms with Gasteiger partial charge in [0.05, 0.1) is 38.0 Å². The third-order valence-corrected chi connectivity index (χ3v) is 6.34. The second-order valence-electron chi connectivity index (χ2n) is 9.32. The van der Waals surface area contributed by atoms with Crippen LogP contribution in [0.3, 0.4) is 0 Å². The van der Waals surface area contributed by atoms with Gasteiger partial charge in [0.2, 0.25) is 0 Å². The van der Waals surface area contributed by atoms with E-state index < -0.39 is 28.9 Å². The van der Waals surface area contributed by atoms with E-state index in [0.29, 0.717) is 27.3 Å². The molecule has 0 radical (unpaired) electrons. The van der Waals surface area contributed by atoms with Crippen molar-refractivity contribution in [1.82, 2.24) is 19.6 Å². The molecular formula is C24H36N4O7S. The number of hydrogen-bond acceptors (Lipinski definition) is 8. The van der Waals surface area contributed by atoms with Crippen molar-refractivity contribution in [2.75, 3.05) is 20.3 Å². The highest BCUT2D eigenvalue weighted by Gasteiger charge is 2.25. The van der Waals surface area contributed by atoms with E-state index in [1.807, 2.05) is 0 Å². The van der Waals surface area contributed by atoms with E-state index in [0.717, 1.165) is 5.01 Å². The molecule has 2 heterocycles. The lowest BCUT2D eigenvalue weighted by molar-refractivity contribution is -0.129. The zero-order valence-electron chi connectivity index (χ0n) is 22.2. The van der Waals surface area contributed by atoms with Gasteiger partial charge in [-0.05, 0) is 54.0 Å². The standard InChI is InChI=1S/C24H36N4O7S/c1-9-34-12-10-18(29)27(25-22(31)35-24(5,6)7)14-17-16(4)19-20(30)28(15(2)3)23(32)26(11-13-33-8)21(19)36-17/h10,12,15H,9,11,13-14H2,1-8H3,(H,25,31)/b12-10+. The molecule has 1 N–H and O–H groups in total. The van der Waals surface area contributed by atoms with Crippen LogP contribution in [0.2, 0.25) is 0 Å². The number of rotatable bonds is 9. The van der Waals surface area contributed by atoms with Crippen molar-refractivity contribution in [2.45, 2.75) is 73.2 Å². The van der Waals surface area contributed by atoms with Gasteiger partial charge < -0.3 is 14.2 Å². The molecule has 0 aliphatic rings. The Morgan fingerprint density at radius 3 is 2.44 bits per heavy atom. The molecule has 0 aromatic carbocycles. The summed E-state index contributed by atoms with van der Waals surface area (Å²) in [7, 11) is 1.54. The fourth-order valence-electron chi connectivity index (χ4n) is 3.42. The molecule has 0 atom stereocenters. The number of ether oxygens (including phenoxy) is 3. The largest absolute Gasteiger partial charge is 0.501 e. The Morgan fingerprint density at radius 2 is 1.89 bits per heavy atom. The summed E-state index contributed by atoms with van der Waals surface area (Å²) in [5.74, 6) is -0.553. The molecule has 2 amide bonds. The Hall–Kier alpha value is -3.12. The maximum atomic E-state index is 13.3. The van der Waals surface area contributed by atoms with Crippen LogP contribution in [-0.2, 0) is 32.1 Å². The van der Waals surface area contributed by atoms with Gasteiger partial charge in [0, 0.05) is 24.1 Å². The zero-order chi connectivity index (χ0) is 27.2. The zero-order valence-corrected chi connectivity index (χ0v) is 23.0. The predicted octanol–water partition coefficient (Wildman–Crippen LogP) is 3.08. The molecule has 0 saturated heterocycles. The van der Waals surface area contributed by atoms with E-state index in [2.05, 4.69) is 5.43 Å². The number of carbonyl (C=O) groups is 2. The van der Waals surface area contributed by atoms with Crippen molar-refractivity contribution in [3.8, 4) is 0 Å². The number of amides is 2. The minimum Gasteiger partial charge on any atom is -0.501 e. The van der Waals surface area contributed by atoms with Crippen LogP contribution in [0.1, 0.15) is 58.0 Å². The summed E-state index contributed by atoms with van der Waals surface area (Å²) in [5.41, 5.74) is 1.51. The van der Waals surface area contributed by atoms with Gasteiger partial charge in [-0.2, -0.15) is 0 Å². The van der Waals surface area contributed by atoms with Gasteiger partial charge in [-0.3, -0.25) is 18.7 Å². The van der Waals surface area contributed by atoms with Crippen LogP contribution in [0.4, 0.5) is 4.79 Å². The molecule has 0 aliphatic heterocycles. The van der Waals surface area contributed by atoms with Gasteiger partial charge in [-0.15, -0.1) is 11.3 Å². The van der Waals surface area contributed by atoms with Crippen molar-refractivity contribution >= 4 is 33.6 Å². The van der Waals surface area contributed by atoms with E-state index >= 15 is 0 Å². The number of nitrogens with zero attached hydrogens (tertiary/aromatic N) is 3. The van der Waals surface area contributed by atoms with Crippen LogP contribution in [-0.4, -0.2) is 52.1 Å². The molecule has 2 aromatic rings. The normalized spacial score (nSPS) is 11.9. The highest BCUT2D eigenvalue weighted by Crippen LogP contribution is 2.29. The molecule has 2 rings (SSSR count). The van der Waals surface area contributed by atoms with Gasteiger partial charge in [0.1, 0.15) is 10.4 Å². The molecule has 11 nitrogen and oxygen atoms in total. The van der Waals surface area contributed by atoms with Gasteiger partial charge in [0.25, 0.3) is 11.5 Å². The molecule has 0 fully saturated rings. The van der Waals surface area contributed by atoms with E-state index in [-0.39, 0.29) is 25.7 Å². The van der Waals surface area contributed by atoms with Crippen LogP contribution in [0.15, 0.2) is 21.9 Å². The number of fused-ring (bicyclic) bond motifs is 1. The Kier molecular flexibility index (Phi) is 9.88. The molecule has 0 saturated carbocycles. The number of thiophene rings is 1. The van der Waals surface area contributed by atoms with Crippen LogP contribution >= 0.6 is 11.3 Å². The summed E-state index contributed by atoms with van der Waals surface area (Å²) >= 11 is 1.22. The summed E-state index contributed by atoms with van der Waals surface area (Å²) < 4.78 is 18.3. The van der Waals surface area contributed by atoms with Crippen LogP contribution in [0.5, 0.6) is 0 Å². The first-order chi connectivity index (χ1) is 16.8. The molecular weight excluding hydrogens is 488 g/mol. The molecule has 12 heteroatoms. The summed E-state index contributed by atoms with van der Waals surface area (Å²) in [5, 5.41) is 1.48. The number of nitrogens with one attached hydrogen (secondary N) is 1. The number of methoxy groups -OCH3 is 1. The second-order valence-corrected chi connectivity index (χ2v) is 10.4. The number of aryl methyl sites for hydroxylation is 1. The summed E-state index contributed by atoms with van der Waals surface area (Å²) in [6.07, 6.45) is 1.62. The number of aromatic nitrogens is 2. The Bertz CT molecular complexity index is 1230. The van der Waals surface area contributed by atoms with Gasteiger partial charge >= 0.3 is 11.8 Å². The van der Waals surface area contributed by atoms with Gasteiger partial charge in [-0.1, -0.05) is 0 Å². The van der Waals surface area contributed by atoms with E-state index in [4.69, 9.17) is 14.2 Å². The maximum absolute atomic E-state index is 13.3. The molecule has 2 aromatic heterocycles. The number of carbonyl (C=O) groups excluding carboxylic acids is 2. The van der Waals surface area contributed by atoms with E-state index in [1.165, 1.54) is 39.9 Å². The first-order valence-electron chi connectivity index (χ1n) is 11.7. The van der Waals surface area contributed by atoms with Crippen molar-refractivity contribution < 1.29 is 23.8 Å². The molecule has 200 valence electrons. The molecule has 0 aliphatic carbocycles. The molecule has 0 bridgehead atoms. The second kappa shape index (κ2) is 12.2. The molecule has 0 spiro atoms. The minimum atomic E-state index is -0.807. The first-order valence-corrected chi connectivity index (χ1v) is 12.5. The van der Waals surface area contributed by atoms with Crippen LogP contribution in [0, 0.1) is 6.92 Å². The predicted molar refractivity (Wildman–Crippen MR) is 138 cm³/mol. The average Bonchev–Trinajstić information content (AvgIpc) is 3.07. The SMILES string of the molecule is CCO/C=C/C(=O)N(Cc1sc2c(c1C)c(=O)n(C(C)C)c(=O)n2CCOC)NC(=O)OC(C)(C)C. The summed E-state index contributed by atoms with van der Waals surface area (Å²) in [4.78, 5) is 52.9. The van der Waals surface area contributed by atoms with E-state index in [1.54, 1.807) is 48.5 Å². The van der Waals surface area contributed by atoms with Crippen LogP contribution < -0.4 is 16.7 Å². The Morgan fingerprint density at radius 1 is 1.22 bits per heavy atom. The Labute approximate surface area is 214 Å². The fourth-order valence-corrected chi connectivity index (χ4v) is 4.72. The summed E-state index contributed by atoms with van der Waals surface area (Å²) in [6, 6.07) is -0.346. The fraction of sp³-hybridized carbons (Fsp3) is 0.583. The van der Waals surface area contributed by atoms with Crippen molar-refractivity contribution in [3.05, 3.63) is 43.6 Å². The maximum Gasteiger partial charge on any atom is 0.426 e. The molecule has 36 heavy (non-hydrogen) atoms. The Balaban J connectivity index is 2.60. The number of hydrogen-bond donors (Lipinski definition) is 1. The van der Waals surface area contributed by atoms with Crippen LogP contribution in [0.25, 0.3) is 10.2 Å². The van der Waals surface area contributed by atoms with Crippen molar-refractivity contribution in [2.24, 2.45) is 0 Å². The first kappa shape index (κ1) is 29.1. The lowest BCUT2D eigenvalue weighted by Gasteiger charge is -2.25. The van der Waals surface area contributed by atoms with Gasteiger partial charge in [-0.25, -0.2) is 20.0 Å². The average molecular weight is 525 g/mol. The molecule has 0 unspecified atom stereocenters. The highest BCUT2D eigenvalue weighted by molar-refractivity contribution is 7.18. The monoisotopic (exact) mass is 524 g/mol. The number of hydrazine groups is 1. The highest BCUT2D eigenvalue weighted by atomic mass is 32.1. The quantitative estimate of drug-likeness (QED) is 0.304. The van der Waals surface area contributed by atoms with Gasteiger partial charge in [0.15, 0.2) is 0 Å².